The number of likely N-dealkylation sites (tertiary alicyclic amines) is 1. The first kappa shape index (κ1) is 22.2. The van der Waals surface area contributed by atoms with Crippen molar-refractivity contribution in [2.75, 3.05) is 31.1 Å². The quantitative estimate of drug-likeness (QED) is 0.585. The van der Waals surface area contributed by atoms with Crippen molar-refractivity contribution in [1.29, 1.82) is 0 Å². The lowest BCUT2D eigenvalue weighted by Crippen LogP contribution is -2.43. The van der Waals surface area contributed by atoms with Crippen molar-refractivity contribution >= 4 is 23.2 Å². The number of anilines is 1. The highest BCUT2D eigenvalue weighted by Crippen LogP contribution is 2.32. The lowest BCUT2D eigenvalue weighted by molar-refractivity contribution is -0.122. The van der Waals surface area contributed by atoms with Gasteiger partial charge in [0.15, 0.2) is 0 Å². The number of rotatable bonds is 4. The SMILES string of the molecule is FC(F)n1c(-c2cccc(N3CCC(N4CCCC4)CC3)c2)nc2ccccc21.O=CO. The average molecular weight is 443 g/mol. The predicted octanol–water partition coefficient (Wildman–Crippen LogP) is 4.86. The van der Waals surface area contributed by atoms with Crippen molar-refractivity contribution in [3.8, 4) is 11.4 Å². The van der Waals surface area contributed by atoms with Gasteiger partial charge in [0.2, 0.25) is 0 Å². The van der Waals surface area contributed by atoms with Crippen molar-refractivity contribution in [1.82, 2.24) is 14.5 Å². The minimum atomic E-state index is -2.63. The van der Waals surface area contributed by atoms with Crippen LogP contribution in [0.15, 0.2) is 48.5 Å². The first-order chi connectivity index (χ1) is 15.6. The highest BCUT2D eigenvalue weighted by atomic mass is 19.3. The molecule has 5 rings (SSSR count). The molecule has 2 aliphatic heterocycles. The molecule has 0 radical (unpaired) electrons. The molecule has 0 bridgehead atoms. The second kappa shape index (κ2) is 10.1. The zero-order valence-electron chi connectivity index (χ0n) is 17.9. The minimum Gasteiger partial charge on any atom is -0.483 e. The fourth-order valence-corrected chi connectivity index (χ4v) is 4.88. The standard InChI is InChI=1S/C23H26F2N4.CH2O2/c24-23(25)29-21-9-2-1-8-20(21)26-22(29)17-6-5-7-19(16-17)28-14-10-18(11-15-28)27-12-3-4-13-27;2-1-3/h1-2,5-9,16,18,23H,3-4,10-15H2;1H,(H,2,3). The number of carbonyl (C=O) groups is 1. The number of nitrogens with zero attached hydrogens (tertiary/aromatic N) is 4. The number of aromatic nitrogens is 2. The fourth-order valence-electron chi connectivity index (χ4n) is 4.88. The van der Waals surface area contributed by atoms with Gasteiger partial charge in [-0.05, 0) is 63.0 Å². The Bertz CT molecular complexity index is 1040. The van der Waals surface area contributed by atoms with Gasteiger partial charge in [-0.1, -0.05) is 24.3 Å². The molecule has 0 unspecified atom stereocenters. The predicted molar refractivity (Wildman–Crippen MR) is 121 cm³/mol. The van der Waals surface area contributed by atoms with Crippen LogP contribution >= 0.6 is 0 Å². The molecule has 0 atom stereocenters. The van der Waals surface area contributed by atoms with Crippen LogP contribution in [0.1, 0.15) is 32.2 Å². The molecule has 2 aliphatic rings. The van der Waals surface area contributed by atoms with E-state index in [1.807, 2.05) is 24.3 Å². The highest BCUT2D eigenvalue weighted by molar-refractivity contribution is 5.81. The Hall–Kier alpha value is -3.00. The second-order valence-electron chi connectivity index (χ2n) is 8.19. The monoisotopic (exact) mass is 442 g/mol. The van der Waals surface area contributed by atoms with E-state index in [1.165, 1.54) is 38.8 Å². The summed E-state index contributed by atoms with van der Waals surface area (Å²) in [6.07, 6.45) is 4.99. The van der Waals surface area contributed by atoms with E-state index < -0.39 is 6.55 Å². The topological polar surface area (TPSA) is 61.6 Å². The molecular formula is C24H28F2N4O2. The first-order valence-electron chi connectivity index (χ1n) is 11.0. The van der Waals surface area contributed by atoms with Gasteiger partial charge in [-0.3, -0.25) is 9.36 Å². The summed E-state index contributed by atoms with van der Waals surface area (Å²) in [4.78, 5) is 17.9. The van der Waals surface area contributed by atoms with Crippen molar-refractivity contribution in [2.24, 2.45) is 0 Å². The number of hydrogen-bond acceptors (Lipinski definition) is 4. The smallest absolute Gasteiger partial charge is 0.320 e. The van der Waals surface area contributed by atoms with E-state index in [-0.39, 0.29) is 6.47 Å². The molecule has 1 N–H and O–H groups in total. The highest BCUT2D eigenvalue weighted by Gasteiger charge is 2.27. The normalized spacial score (nSPS) is 17.5. The number of piperidine rings is 1. The van der Waals surface area contributed by atoms with Gasteiger partial charge in [0.05, 0.1) is 11.0 Å². The summed E-state index contributed by atoms with van der Waals surface area (Å²) < 4.78 is 28.7. The van der Waals surface area contributed by atoms with Gasteiger partial charge in [-0.25, -0.2) is 4.98 Å². The van der Waals surface area contributed by atoms with Gasteiger partial charge in [0.25, 0.3) is 6.47 Å². The van der Waals surface area contributed by atoms with Gasteiger partial charge >= 0.3 is 6.55 Å². The Morgan fingerprint density at radius 2 is 1.69 bits per heavy atom. The lowest BCUT2D eigenvalue weighted by Gasteiger charge is -2.38. The maximum atomic E-state index is 13.8. The molecule has 2 aromatic carbocycles. The summed E-state index contributed by atoms with van der Waals surface area (Å²) in [7, 11) is 0. The number of benzene rings is 2. The van der Waals surface area contributed by atoms with Crippen LogP contribution in [0.5, 0.6) is 0 Å². The van der Waals surface area contributed by atoms with E-state index in [4.69, 9.17) is 9.90 Å². The molecular weight excluding hydrogens is 414 g/mol. The van der Waals surface area contributed by atoms with E-state index in [0.29, 0.717) is 22.9 Å². The number of para-hydroxylation sites is 2. The minimum absolute atomic E-state index is 0.250. The average Bonchev–Trinajstić information content (AvgIpc) is 3.48. The van der Waals surface area contributed by atoms with Gasteiger partial charge < -0.3 is 14.9 Å². The Balaban J connectivity index is 0.000000775. The van der Waals surface area contributed by atoms with Crippen molar-refractivity contribution in [2.45, 2.75) is 38.3 Å². The third kappa shape index (κ3) is 4.60. The molecule has 3 heterocycles. The molecule has 0 aliphatic carbocycles. The van der Waals surface area contributed by atoms with Gasteiger partial charge in [0.1, 0.15) is 5.82 Å². The zero-order chi connectivity index (χ0) is 22.5. The van der Waals surface area contributed by atoms with Crippen LogP contribution in [0, 0.1) is 0 Å². The molecule has 1 aromatic heterocycles. The Labute approximate surface area is 186 Å². The van der Waals surface area contributed by atoms with Crippen molar-refractivity contribution in [3.63, 3.8) is 0 Å². The Kier molecular flexibility index (Phi) is 6.99. The summed E-state index contributed by atoms with van der Waals surface area (Å²) in [6, 6.07) is 15.7. The molecule has 6 nitrogen and oxygen atoms in total. The summed E-state index contributed by atoms with van der Waals surface area (Å²) in [6.45, 7) is 1.62. The number of alkyl halides is 2. The zero-order valence-corrected chi connectivity index (χ0v) is 17.9. The molecule has 8 heteroatoms. The van der Waals surface area contributed by atoms with Crippen LogP contribution < -0.4 is 4.90 Å². The van der Waals surface area contributed by atoms with Crippen LogP contribution in [-0.2, 0) is 4.79 Å². The molecule has 2 fully saturated rings. The number of hydrogen-bond donors (Lipinski definition) is 1. The molecule has 0 amide bonds. The largest absolute Gasteiger partial charge is 0.483 e. The summed E-state index contributed by atoms with van der Waals surface area (Å²) >= 11 is 0. The third-order valence-electron chi connectivity index (χ3n) is 6.38. The van der Waals surface area contributed by atoms with E-state index in [0.717, 1.165) is 28.9 Å². The number of carboxylic acid groups (broad SMARTS) is 1. The van der Waals surface area contributed by atoms with E-state index >= 15 is 0 Å². The van der Waals surface area contributed by atoms with Crippen LogP contribution in [0.4, 0.5) is 14.5 Å². The summed E-state index contributed by atoms with van der Waals surface area (Å²) in [5.74, 6) is 0.329. The summed E-state index contributed by atoms with van der Waals surface area (Å²) in [5.41, 5.74) is 2.89. The van der Waals surface area contributed by atoms with Crippen LogP contribution in [0.3, 0.4) is 0 Å². The Morgan fingerprint density at radius 3 is 2.38 bits per heavy atom. The maximum absolute atomic E-state index is 13.8. The van der Waals surface area contributed by atoms with E-state index in [1.54, 1.807) is 18.2 Å². The first-order valence-corrected chi connectivity index (χ1v) is 11.0. The fraction of sp³-hybridized carbons (Fsp3) is 0.417. The van der Waals surface area contributed by atoms with Gasteiger partial charge in [-0.2, -0.15) is 8.78 Å². The van der Waals surface area contributed by atoms with Crippen molar-refractivity contribution < 1.29 is 18.7 Å². The van der Waals surface area contributed by atoms with Crippen LogP contribution in [-0.4, -0.2) is 58.3 Å². The molecule has 2 saturated heterocycles. The number of halogens is 2. The van der Waals surface area contributed by atoms with Gasteiger partial charge in [-0.15, -0.1) is 0 Å². The lowest BCUT2D eigenvalue weighted by atomic mass is 10.0. The third-order valence-corrected chi connectivity index (χ3v) is 6.38. The summed E-state index contributed by atoms with van der Waals surface area (Å²) in [5, 5.41) is 6.89. The molecule has 170 valence electrons. The van der Waals surface area contributed by atoms with Crippen LogP contribution in [0.25, 0.3) is 22.4 Å². The number of imidazole rings is 1. The van der Waals surface area contributed by atoms with E-state index in [9.17, 15) is 8.78 Å². The molecule has 3 aromatic rings. The van der Waals surface area contributed by atoms with Crippen molar-refractivity contribution in [3.05, 3.63) is 48.5 Å². The molecule has 0 saturated carbocycles. The maximum Gasteiger partial charge on any atom is 0.320 e. The Morgan fingerprint density at radius 1 is 1.00 bits per heavy atom. The second-order valence-corrected chi connectivity index (χ2v) is 8.19. The van der Waals surface area contributed by atoms with Crippen LogP contribution in [0.2, 0.25) is 0 Å². The molecule has 0 spiro atoms. The van der Waals surface area contributed by atoms with E-state index in [2.05, 4.69) is 20.9 Å². The number of fused-ring (bicyclic) bond motifs is 1. The molecule has 32 heavy (non-hydrogen) atoms. The van der Waals surface area contributed by atoms with Gasteiger partial charge in [0, 0.05) is 30.4 Å².